The van der Waals surface area contributed by atoms with Crippen molar-refractivity contribution < 1.29 is 9.59 Å². The van der Waals surface area contributed by atoms with E-state index in [-0.39, 0.29) is 17.6 Å². The number of aromatic nitrogens is 4. The number of amides is 2. The number of hydrogen-bond acceptors (Lipinski definition) is 7. The van der Waals surface area contributed by atoms with Crippen molar-refractivity contribution in [3.63, 3.8) is 0 Å². The van der Waals surface area contributed by atoms with E-state index in [1.165, 1.54) is 11.8 Å². The van der Waals surface area contributed by atoms with Crippen molar-refractivity contribution in [3.05, 3.63) is 42.0 Å². The van der Waals surface area contributed by atoms with E-state index >= 15 is 0 Å². The first-order chi connectivity index (χ1) is 14.5. The van der Waals surface area contributed by atoms with Crippen molar-refractivity contribution in [3.8, 4) is 0 Å². The fourth-order valence-corrected chi connectivity index (χ4v) is 4.09. The zero-order chi connectivity index (χ0) is 21.5. The van der Waals surface area contributed by atoms with Crippen LogP contribution in [-0.2, 0) is 16.1 Å². The molecule has 0 spiro atoms. The van der Waals surface area contributed by atoms with E-state index in [1.807, 2.05) is 36.9 Å². The second-order valence-electron chi connectivity index (χ2n) is 7.19. The third-order valence-corrected chi connectivity index (χ3v) is 5.91. The van der Waals surface area contributed by atoms with Crippen molar-refractivity contribution >= 4 is 29.3 Å². The standard InChI is InChI=1S/C20H27N7O2S/c1-4-8-27-20(22-23-24-27)30-14-18(29)26-11-9-25(10-12-26)13-17(28)21-19-15(2)6-5-7-16(19)3/h4-7H,1,8-14H2,2-3H3,(H,21,28). The van der Waals surface area contributed by atoms with Crippen LogP contribution in [0.4, 0.5) is 5.69 Å². The molecule has 1 aromatic heterocycles. The van der Waals surface area contributed by atoms with Crippen molar-refractivity contribution in [2.45, 2.75) is 25.5 Å². The third-order valence-electron chi connectivity index (χ3n) is 4.96. The molecule has 1 aromatic carbocycles. The molecule has 0 radical (unpaired) electrons. The van der Waals surface area contributed by atoms with Crippen LogP contribution in [0, 0.1) is 13.8 Å². The van der Waals surface area contributed by atoms with Crippen LogP contribution in [-0.4, -0.2) is 80.3 Å². The molecule has 0 bridgehead atoms. The fourth-order valence-electron chi connectivity index (χ4n) is 3.30. The van der Waals surface area contributed by atoms with Gasteiger partial charge in [0.25, 0.3) is 0 Å². The largest absolute Gasteiger partial charge is 0.339 e. The van der Waals surface area contributed by atoms with Gasteiger partial charge in [-0.3, -0.25) is 14.5 Å². The van der Waals surface area contributed by atoms with Gasteiger partial charge in [0.2, 0.25) is 17.0 Å². The number of allylic oxidation sites excluding steroid dienone is 1. The first kappa shape index (κ1) is 22.0. The molecule has 1 aliphatic heterocycles. The number of rotatable bonds is 8. The van der Waals surface area contributed by atoms with Crippen LogP contribution in [0.25, 0.3) is 0 Å². The minimum absolute atomic E-state index is 0.0308. The maximum atomic E-state index is 12.5. The lowest BCUT2D eigenvalue weighted by Crippen LogP contribution is -2.51. The quantitative estimate of drug-likeness (QED) is 0.500. The normalized spacial score (nSPS) is 14.5. The van der Waals surface area contributed by atoms with Gasteiger partial charge in [0.05, 0.1) is 18.8 Å². The molecule has 30 heavy (non-hydrogen) atoms. The first-order valence-corrected chi connectivity index (χ1v) is 10.8. The molecule has 1 saturated heterocycles. The Hall–Kier alpha value is -2.72. The summed E-state index contributed by atoms with van der Waals surface area (Å²) < 4.78 is 1.61. The molecule has 2 amide bonds. The molecule has 3 rings (SSSR count). The Morgan fingerprint density at radius 2 is 1.90 bits per heavy atom. The molecule has 9 nitrogen and oxygen atoms in total. The minimum atomic E-state index is -0.0308. The number of para-hydroxylation sites is 1. The lowest BCUT2D eigenvalue weighted by Gasteiger charge is -2.34. The van der Waals surface area contributed by atoms with Gasteiger partial charge in [-0.15, -0.1) is 11.7 Å². The maximum Gasteiger partial charge on any atom is 0.238 e. The highest BCUT2D eigenvalue weighted by molar-refractivity contribution is 7.99. The van der Waals surface area contributed by atoms with Gasteiger partial charge >= 0.3 is 0 Å². The highest BCUT2D eigenvalue weighted by Crippen LogP contribution is 2.19. The van der Waals surface area contributed by atoms with Gasteiger partial charge in [-0.25, -0.2) is 4.68 Å². The van der Waals surface area contributed by atoms with E-state index in [0.29, 0.717) is 44.4 Å². The Morgan fingerprint density at radius 1 is 1.20 bits per heavy atom. The fraction of sp³-hybridized carbons (Fsp3) is 0.450. The van der Waals surface area contributed by atoms with E-state index in [4.69, 9.17) is 0 Å². The maximum absolute atomic E-state index is 12.5. The van der Waals surface area contributed by atoms with E-state index < -0.39 is 0 Å². The minimum Gasteiger partial charge on any atom is -0.339 e. The molecule has 2 heterocycles. The van der Waals surface area contributed by atoms with Crippen LogP contribution < -0.4 is 5.32 Å². The van der Waals surface area contributed by atoms with E-state index in [1.54, 1.807) is 10.8 Å². The predicted molar refractivity (Wildman–Crippen MR) is 116 cm³/mol. The number of anilines is 1. The van der Waals surface area contributed by atoms with Crippen molar-refractivity contribution in [2.75, 3.05) is 43.8 Å². The summed E-state index contributed by atoms with van der Waals surface area (Å²) in [5, 5.41) is 15.1. The molecular formula is C20H27N7O2S. The molecule has 0 unspecified atom stereocenters. The molecule has 0 saturated carbocycles. The molecule has 10 heteroatoms. The van der Waals surface area contributed by atoms with Crippen LogP contribution in [0.2, 0.25) is 0 Å². The van der Waals surface area contributed by atoms with Gasteiger partial charge in [0.1, 0.15) is 0 Å². The number of nitrogens with one attached hydrogen (secondary N) is 1. The second-order valence-corrected chi connectivity index (χ2v) is 8.14. The van der Waals surface area contributed by atoms with Crippen molar-refractivity contribution in [2.24, 2.45) is 0 Å². The number of aryl methyl sites for hydroxylation is 2. The van der Waals surface area contributed by atoms with Gasteiger partial charge in [-0.2, -0.15) is 0 Å². The molecule has 160 valence electrons. The first-order valence-electron chi connectivity index (χ1n) is 9.84. The molecule has 2 aromatic rings. The van der Waals surface area contributed by atoms with Gasteiger partial charge in [0.15, 0.2) is 0 Å². The molecular weight excluding hydrogens is 402 g/mol. The van der Waals surface area contributed by atoms with E-state index in [9.17, 15) is 9.59 Å². The summed E-state index contributed by atoms with van der Waals surface area (Å²) in [6, 6.07) is 5.95. The van der Waals surface area contributed by atoms with Gasteiger partial charge in [-0.05, 0) is 35.4 Å². The lowest BCUT2D eigenvalue weighted by molar-refractivity contribution is -0.130. The highest BCUT2D eigenvalue weighted by atomic mass is 32.2. The number of tetrazole rings is 1. The summed E-state index contributed by atoms with van der Waals surface area (Å²) >= 11 is 1.32. The topological polar surface area (TPSA) is 96.2 Å². The van der Waals surface area contributed by atoms with Crippen molar-refractivity contribution in [1.29, 1.82) is 0 Å². The molecule has 0 aliphatic carbocycles. The van der Waals surface area contributed by atoms with Gasteiger partial charge in [0, 0.05) is 31.9 Å². The summed E-state index contributed by atoms with van der Waals surface area (Å²) in [7, 11) is 0. The SMILES string of the molecule is C=CCn1nnnc1SCC(=O)N1CCN(CC(=O)Nc2c(C)cccc2C)CC1. The second kappa shape index (κ2) is 10.4. The third kappa shape index (κ3) is 5.67. The van der Waals surface area contributed by atoms with Crippen LogP contribution in [0.1, 0.15) is 11.1 Å². The zero-order valence-corrected chi connectivity index (χ0v) is 18.2. The summed E-state index contributed by atoms with van der Waals surface area (Å²) in [5.41, 5.74) is 2.98. The van der Waals surface area contributed by atoms with E-state index in [0.717, 1.165) is 16.8 Å². The number of hydrogen-bond donors (Lipinski definition) is 1. The molecule has 0 atom stereocenters. The van der Waals surface area contributed by atoms with E-state index in [2.05, 4.69) is 32.3 Å². The summed E-state index contributed by atoms with van der Waals surface area (Å²) in [6.45, 7) is 11.0. The average molecular weight is 430 g/mol. The monoisotopic (exact) mass is 429 g/mol. The summed E-state index contributed by atoms with van der Waals surface area (Å²) in [4.78, 5) is 28.9. The number of benzene rings is 1. The summed E-state index contributed by atoms with van der Waals surface area (Å²) in [6.07, 6.45) is 1.71. The number of carbonyl (C=O) groups excluding carboxylic acids is 2. The van der Waals surface area contributed by atoms with Crippen molar-refractivity contribution in [1.82, 2.24) is 30.0 Å². The Kier molecular flexibility index (Phi) is 7.58. The van der Waals surface area contributed by atoms with Crippen LogP contribution in [0.15, 0.2) is 36.0 Å². The number of piperazine rings is 1. The number of thioether (sulfide) groups is 1. The Labute approximate surface area is 180 Å². The molecule has 1 fully saturated rings. The molecule has 1 aliphatic rings. The van der Waals surface area contributed by atoms with Crippen LogP contribution >= 0.6 is 11.8 Å². The summed E-state index contributed by atoms with van der Waals surface area (Å²) in [5.74, 6) is 0.300. The Balaban J connectivity index is 1.43. The number of nitrogens with zero attached hydrogens (tertiary/aromatic N) is 6. The average Bonchev–Trinajstić information content (AvgIpc) is 3.17. The zero-order valence-electron chi connectivity index (χ0n) is 17.4. The highest BCUT2D eigenvalue weighted by Gasteiger charge is 2.23. The van der Waals surface area contributed by atoms with Crippen LogP contribution in [0.5, 0.6) is 0 Å². The lowest BCUT2D eigenvalue weighted by atomic mass is 10.1. The molecule has 1 N–H and O–H groups in total. The Morgan fingerprint density at radius 3 is 2.57 bits per heavy atom. The number of carbonyl (C=O) groups is 2. The predicted octanol–water partition coefficient (Wildman–Crippen LogP) is 1.35. The smallest absolute Gasteiger partial charge is 0.238 e. The van der Waals surface area contributed by atoms with Crippen LogP contribution in [0.3, 0.4) is 0 Å². The Bertz CT molecular complexity index is 886. The van der Waals surface area contributed by atoms with Gasteiger partial charge < -0.3 is 10.2 Å². The van der Waals surface area contributed by atoms with Gasteiger partial charge in [-0.1, -0.05) is 36.0 Å².